The molecule has 1 aromatic carbocycles. The molecule has 82 valence electrons. The number of hydrogen-bond donors (Lipinski definition) is 1. The van der Waals surface area contributed by atoms with Gasteiger partial charge in [0.25, 0.3) is 0 Å². The second kappa shape index (κ2) is 5.00. The minimum atomic E-state index is -0.167. The van der Waals surface area contributed by atoms with E-state index >= 15 is 0 Å². The Morgan fingerprint density at radius 1 is 1.60 bits per heavy atom. The number of anilines is 1. The molecule has 0 aliphatic carbocycles. The smallest absolute Gasteiger partial charge is 0.240 e. The summed E-state index contributed by atoms with van der Waals surface area (Å²) in [6.45, 7) is -0.0263. The topological polar surface area (TPSA) is 55.6 Å². The first-order valence-electron chi connectivity index (χ1n) is 4.40. The van der Waals surface area contributed by atoms with Crippen molar-refractivity contribution in [1.29, 1.82) is 0 Å². The van der Waals surface area contributed by atoms with E-state index in [-0.39, 0.29) is 12.5 Å². The lowest BCUT2D eigenvalue weighted by Gasteiger charge is -2.17. The standard InChI is InChI=1S/C10H13ClN2O2/c1-13(10(14)6-12)7-3-4-8(11)9(5-7)15-2/h3-5H,6,12H2,1-2H3. The first kappa shape index (κ1) is 11.8. The van der Waals surface area contributed by atoms with Gasteiger partial charge in [0.1, 0.15) is 5.75 Å². The summed E-state index contributed by atoms with van der Waals surface area (Å²) in [5.74, 6) is 0.366. The number of halogens is 1. The zero-order valence-corrected chi connectivity index (χ0v) is 9.41. The number of methoxy groups -OCH3 is 1. The molecule has 15 heavy (non-hydrogen) atoms. The van der Waals surface area contributed by atoms with Crippen molar-refractivity contribution in [2.24, 2.45) is 5.73 Å². The molecule has 4 nitrogen and oxygen atoms in total. The van der Waals surface area contributed by atoms with E-state index in [0.29, 0.717) is 16.5 Å². The lowest BCUT2D eigenvalue weighted by atomic mass is 10.2. The summed E-state index contributed by atoms with van der Waals surface area (Å²) < 4.78 is 5.05. The van der Waals surface area contributed by atoms with Gasteiger partial charge in [0.15, 0.2) is 0 Å². The van der Waals surface area contributed by atoms with Gasteiger partial charge in [-0.1, -0.05) is 11.6 Å². The predicted molar refractivity (Wildman–Crippen MR) is 60.5 cm³/mol. The molecule has 1 rings (SSSR count). The minimum Gasteiger partial charge on any atom is -0.495 e. The summed E-state index contributed by atoms with van der Waals surface area (Å²) in [5.41, 5.74) is 5.96. The van der Waals surface area contributed by atoms with Gasteiger partial charge in [0.2, 0.25) is 5.91 Å². The summed E-state index contributed by atoms with van der Waals surface area (Å²) in [7, 11) is 3.17. The van der Waals surface area contributed by atoms with Crippen LogP contribution in [-0.4, -0.2) is 26.6 Å². The Balaban J connectivity index is 3.00. The van der Waals surface area contributed by atoms with E-state index < -0.39 is 0 Å². The summed E-state index contributed by atoms with van der Waals surface area (Å²) in [5, 5.41) is 0.509. The predicted octanol–water partition coefficient (Wildman–Crippen LogP) is 1.27. The van der Waals surface area contributed by atoms with Gasteiger partial charge >= 0.3 is 0 Å². The maximum atomic E-state index is 11.3. The maximum Gasteiger partial charge on any atom is 0.240 e. The fraction of sp³-hybridized carbons (Fsp3) is 0.300. The molecule has 0 aliphatic heterocycles. The van der Waals surface area contributed by atoms with Gasteiger partial charge in [-0.05, 0) is 12.1 Å². The highest BCUT2D eigenvalue weighted by atomic mass is 35.5. The van der Waals surface area contributed by atoms with Gasteiger partial charge in [-0.2, -0.15) is 0 Å². The quantitative estimate of drug-likeness (QED) is 0.848. The Morgan fingerprint density at radius 3 is 2.80 bits per heavy atom. The molecule has 0 radical (unpaired) electrons. The third-order valence-electron chi connectivity index (χ3n) is 2.07. The van der Waals surface area contributed by atoms with Crippen LogP contribution in [0, 0.1) is 0 Å². The van der Waals surface area contributed by atoms with Gasteiger partial charge in [-0.3, -0.25) is 4.79 Å². The van der Waals surface area contributed by atoms with Gasteiger partial charge in [0, 0.05) is 18.8 Å². The molecule has 0 aromatic heterocycles. The van der Waals surface area contributed by atoms with Gasteiger partial charge in [0.05, 0.1) is 18.7 Å². The molecule has 0 unspecified atom stereocenters. The second-order valence-electron chi connectivity index (χ2n) is 2.98. The highest BCUT2D eigenvalue weighted by Crippen LogP contribution is 2.28. The average molecular weight is 229 g/mol. The Hall–Kier alpha value is -1.26. The van der Waals surface area contributed by atoms with Crippen molar-refractivity contribution in [3.05, 3.63) is 23.2 Å². The first-order chi connectivity index (χ1) is 7.10. The van der Waals surface area contributed by atoms with Crippen molar-refractivity contribution in [3.63, 3.8) is 0 Å². The molecular weight excluding hydrogens is 216 g/mol. The number of rotatable bonds is 3. The number of nitrogens with zero attached hydrogens (tertiary/aromatic N) is 1. The highest BCUT2D eigenvalue weighted by Gasteiger charge is 2.10. The molecule has 1 aromatic rings. The van der Waals surface area contributed by atoms with Crippen LogP contribution < -0.4 is 15.4 Å². The van der Waals surface area contributed by atoms with Crippen molar-refractivity contribution in [1.82, 2.24) is 0 Å². The number of carbonyl (C=O) groups excluding carboxylic acids is 1. The van der Waals surface area contributed by atoms with Crippen LogP contribution in [0.3, 0.4) is 0 Å². The van der Waals surface area contributed by atoms with Gasteiger partial charge in [-0.15, -0.1) is 0 Å². The van der Waals surface area contributed by atoms with Crippen LogP contribution in [0.5, 0.6) is 5.75 Å². The third kappa shape index (κ3) is 2.61. The Bertz CT molecular complexity index is 368. The molecule has 0 heterocycles. The summed E-state index contributed by atoms with van der Waals surface area (Å²) >= 11 is 5.86. The fourth-order valence-electron chi connectivity index (χ4n) is 1.14. The Morgan fingerprint density at radius 2 is 2.27 bits per heavy atom. The number of ether oxygens (including phenoxy) is 1. The van der Waals surface area contributed by atoms with E-state index in [1.54, 1.807) is 25.2 Å². The SMILES string of the molecule is COc1cc(N(C)C(=O)CN)ccc1Cl. The third-order valence-corrected chi connectivity index (χ3v) is 2.38. The zero-order chi connectivity index (χ0) is 11.4. The molecule has 0 saturated heterocycles. The van der Waals surface area contributed by atoms with E-state index in [2.05, 4.69) is 0 Å². The number of amides is 1. The lowest BCUT2D eigenvalue weighted by Crippen LogP contribution is -2.32. The fourth-order valence-corrected chi connectivity index (χ4v) is 1.33. The van der Waals surface area contributed by atoms with Crippen LogP contribution in [0.4, 0.5) is 5.69 Å². The number of carbonyl (C=O) groups is 1. The second-order valence-corrected chi connectivity index (χ2v) is 3.38. The highest BCUT2D eigenvalue weighted by molar-refractivity contribution is 6.32. The molecule has 0 aliphatic rings. The van der Waals surface area contributed by atoms with Crippen LogP contribution in [-0.2, 0) is 4.79 Å². The molecule has 0 bridgehead atoms. The minimum absolute atomic E-state index is 0.0263. The van der Waals surface area contributed by atoms with Crippen LogP contribution in [0.15, 0.2) is 18.2 Å². The number of likely N-dealkylation sites (N-methyl/N-ethyl adjacent to an activating group) is 1. The van der Waals surface area contributed by atoms with Crippen molar-refractivity contribution < 1.29 is 9.53 Å². The van der Waals surface area contributed by atoms with E-state index in [1.807, 2.05) is 0 Å². The Kier molecular flexibility index (Phi) is 3.94. The molecule has 0 atom stereocenters. The van der Waals surface area contributed by atoms with Crippen LogP contribution in [0.25, 0.3) is 0 Å². The molecule has 0 saturated carbocycles. The largest absolute Gasteiger partial charge is 0.495 e. The Labute approximate surface area is 93.6 Å². The van der Waals surface area contributed by atoms with E-state index in [9.17, 15) is 4.79 Å². The first-order valence-corrected chi connectivity index (χ1v) is 4.78. The normalized spacial score (nSPS) is 9.87. The summed E-state index contributed by atoms with van der Waals surface area (Å²) in [6.07, 6.45) is 0. The van der Waals surface area contributed by atoms with Crippen molar-refractivity contribution in [2.75, 3.05) is 25.6 Å². The molecule has 2 N–H and O–H groups in total. The van der Waals surface area contributed by atoms with Crippen LogP contribution >= 0.6 is 11.6 Å². The molecule has 5 heteroatoms. The van der Waals surface area contributed by atoms with Crippen molar-refractivity contribution >= 4 is 23.2 Å². The van der Waals surface area contributed by atoms with E-state index in [1.165, 1.54) is 12.0 Å². The number of hydrogen-bond acceptors (Lipinski definition) is 3. The van der Waals surface area contributed by atoms with Gasteiger partial charge in [-0.25, -0.2) is 0 Å². The lowest BCUT2D eigenvalue weighted by molar-refractivity contribution is -0.117. The molecule has 0 spiro atoms. The molecule has 0 fully saturated rings. The van der Waals surface area contributed by atoms with Crippen LogP contribution in [0.2, 0.25) is 5.02 Å². The molecular formula is C10H13ClN2O2. The zero-order valence-electron chi connectivity index (χ0n) is 8.66. The van der Waals surface area contributed by atoms with E-state index in [0.717, 1.165) is 0 Å². The van der Waals surface area contributed by atoms with Crippen molar-refractivity contribution in [3.8, 4) is 5.75 Å². The summed E-state index contributed by atoms with van der Waals surface area (Å²) in [4.78, 5) is 12.8. The monoisotopic (exact) mass is 228 g/mol. The van der Waals surface area contributed by atoms with Crippen molar-refractivity contribution in [2.45, 2.75) is 0 Å². The van der Waals surface area contributed by atoms with Crippen LogP contribution in [0.1, 0.15) is 0 Å². The van der Waals surface area contributed by atoms with E-state index in [4.69, 9.17) is 22.1 Å². The number of nitrogens with two attached hydrogens (primary N) is 1. The van der Waals surface area contributed by atoms with Gasteiger partial charge < -0.3 is 15.4 Å². The average Bonchev–Trinajstić information content (AvgIpc) is 2.27. The summed E-state index contributed by atoms with van der Waals surface area (Å²) in [6, 6.07) is 5.10. The maximum absolute atomic E-state index is 11.3. The molecule has 1 amide bonds. The number of benzene rings is 1.